The summed E-state index contributed by atoms with van der Waals surface area (Å²) in [5.41, 5.74) is 1.23. The van der Waals surface area contributed by atoms with E-state index in [4.69, 9.17) is 0 Å². The zero-order chi connectivity index (χ0) is 17.6. The number of amides is 1. The molecule has 0 spiro atoms. The second-order valence-corrected chi connectivity index (χ2v) is 6.80. The molecule has 1 fully saturated rings. The van der Waals surface area contributed by atoms with E-state index in [9.17, 15) is 4.79 Å². The van der Waals surface area contributed by atoms with Gasteiger partial charge in [-0.05, 0) is 19.8 Å². The fraction of sp³-hybridized carbons (Fsp3) is 0.611. The van der Waals surface area contributed by atoms with Crippen molar-refractivity contribution >= 4 is 5.91 Å². The van der Waals surface area contributed by atoms with Crippen LogP contribution < -0.4 is 0 Å². The van der Waals surface area contributed by atoms with Gasteiger partial charge in [0.15, 0.2) is 0 Å². The Bertz CT molecular complexity index is 691. The Balaban J connectivity index is 1.42. The number of hydrogen-bond acceptors (Lipinski definition) is 4. The molecule has 1 aliphatic rings. The van der Waals surface area contributed by atoms with Crippen molar-refractivity contribution < 1.29 is 4.79 Å². The van der Waals surface area contributed by atoms with Crippen molar-refractivity contribution in [2.24, 2.45) is 7.05 Å². The molecule has 0 atom stereocenters. The molecular formula is C18H28N6O. The number of nitrogens with zero attached hydrogens (tertiary/aromatic N) is 6. The normalized spacial score (nSPS) is 16.2. The van der Waals surface area contributed by atoms with Crippen LogP contribution in [0.3, 0.4) is 0 Å². The number of carbonyl (C=O) groups is 1. The molecule has 3 rings (SSSR count). The molecule has 1 saturated heterocycles. The molecule has 0 unspecified atom stereocenters. The van der Waals surface area contributed by atoms with Crippen LogP contribution in [0.1, 0.15) is 30.7 Å². The summed E-state index contributed by atoms with van der Waals surface area (Å²) in [6.07, 6.45) is 10.3. The summed E-state index contributed by atoms with van der Waals surface area (Å²) in [6, 6.07) is 0. The van der Waals surface area contributed by atoms with Crippen LogP contribution in [0.5, 0.6) is 0 Å². The van der Waals surface area contributed by atoms with E-state index >= 15 is 0 Å². The van der Waals surface area contributed by atoms with E-state index in [1.165, 1.54) is 5.56 Å². The van der Waals surface area contributed by atoms with Gasteiger partial charge in [0.2, 0.25) is 5.91 Å². The van der Waals surface area contributed by atoms with Gasteiger partial charge < -0.3 is 9.47 Å². The first kappa shape index (κ1) is 17.7. The Morgan fingerprint density at radius 3 is 2.84 bits per heavy atom. The molecule has 0 N–H and O–H groups in total. The average Bonchev–Trinajstić information content (AvgIpc) is 3.10. The van der Waals surface area contributed by atoms with Crippen LogP contribution in [0.15, 0.2) is 24.8 Å². The van der Waals surface area contributed by atoms with Gasteiger partial charge in [-0.3, -0.25) is 14.4 Å². The molecule has 2 aromatic heterocycles. The van der Waals surface area contributed by atoms with Crippen molar-refractivity contribution in [1.29, 1.82) is 0 Å². The number of aromatic nitrogens is 4. The summed E-state index contributed by atoms with van der Waals surface area (Å²) in [7, 11) is 1.94. The number of carbonyl (C=O) groups excluding carboxylic acids is 1. The SMILES string of the molecule is Cc1nccn1CCCC(=O)N1CCCN(Cc2cnn(C)c2)CC1. The summed E-state index contributed by atoms with van der Waals surface area (Å²) >= 11 is 0. The highest BCUT2D eigenvalue weighted by molar-refractivity contribution is 5.76. The lowest BCUT2D eigenvalue weighted by molar-refractivity contribution is -0.131. The molecule has 7 nitrogen and oxygen atoms in total. The molecule has 136 valence electrons. The molecular weight excluding hydrogens is 316 g/mol. The van der Waals surface area contributed by atoms with Crippen LogP contribution in [0.2, 0.25) is 0 Å². The van der Waals surface area contributed by atoms with Crippen molar-refractivity contribution in [3.63, 3.8) is 0 Å². The predicted octanol–water partition coefficient (Wildman–Crippen LogP) is 1.44. The minimum absolute atomic E-state index is 0.279. The minimum atomic E-state index is 0.279. The van der Waals surface area contributed by atoms with Crippen molar-refractivity contribution in [1.82, 2.24) is 29.1 Å². The first-order chi connectivity index (χ1) is 12.1. The second-order valence-electron chi connectivity index (χ2n) is 6.80. The van der Waals surface area contributed by atoms with E-state index in [2.05, 4.69) is 25.7 Å². The summed E-state index contributed by atoms with van der Waals surface area (Å²) in [5, 5.41) is 4.23. The van der Waals surface area contributed by atoms with Gasteiger partial charge in [-0.1, -0.05) is 0 Å². The van der Waals surface area contributed by atoms with Gasteiger partial charge in [-0.25, -0.2) is 4.98 Å². The lowest BCUT2D eigenvalue weighted by Gasteiger charge is -2.22. The lowest BCUT2D eigenvalue weighted by Crippen LogP contribution is -2.35. The molecule has 0 bridgehead atoms. The number of aryl methyl sites for hydroxylation is 3. The first-order valence-corrected chi connectivity index (χ1v) is 9.07. The number of hydrogen-bond donors (Lipinski definition) is 0. The summed E-state index contributed by atoms with van der Waals surface area (Å²) in [6.45, 7) is 7.42. The Kier molecular flexibility index (Phi) is 5.86. The average molecular weight is 344 g/mol. The summed E-state index contributed by atoms with van der Waals surface area (Å²) < 4.78 is 3.94. The van der Waals surface area contributed by atoms with Crippen molar-refractivity contribution in [2.45, 2.75) is 39.3 Å². The summed E-state index contributed by atoms with van der Waals surface area (Å²) in [4.78, 5) is 21.2. The van der Waals surface area contributed by atoms with Crippen molar-refractivity contribution in [3.8, 4) is 0 Å². The number of rotatable bonds is 6. The Morgan fingerprint density at radius 1 is 1.24 bits per heavy atom. The van der Waals surface area contributed by atoms with Crippen LogP contribution in [-0.2, 0) is 24.9 Å². The number of imidazole rings is 1. The van der Waals surface area contributed by atoms with Crippen LogP contribution in [0.25, 0.3) is 0 Å². The van der Waals surface area contributed by atoms with Crippen molar-refractivity contribution in [2.75, 3.05) is 26.2 Å². The van der Waals surface area contributed by atoms with Gasteiger partial charge in [0, 0.05) is 76.9 Å². The zero-order valence-corrected chi connectivity index (χ0v) is 15.3. The molecule has 0 aliphatic carbocycles. The van der Waals surface area contributed by atoms with Crippen LogP contribution in [0.4, 0.5) is 0 Å². The lowest BCUT2D eigenvalue weighted by atomic mass is 10.2. The third kappa shape index (κ3) is 4.92. The minimum Gasteiger partial charge on any atom is -0.341 e. The van der Waals surface area contributed by atoms with Gasteiger partial charge in [0.25, 0.3) is 0 Å². The maximum Gasteiger partial charge on any atom is 0.222 e. The zero-order valence-electron chi connectivity index (χ0n) is 15.3. The van der Waals surface area contributed by atoms with E-state index in [0.717, 1.165) is 57.9 Å². The topological polar surface area (TPSA) is 59.2 Å². The van der Waals surface area contributed by atoms with E-state index < -0.39 is 0 Å². The predicted molar refractivity (Wildman–Crippen MR) is 95.9 cm³/mol. The molecule has 1 aliphatic heterocycles. The first-order valence-electron chi connectivity index (χ1n) is 9.07. The van der Waals surface area contributed by atoms with Gasteiger partial charge in [-0.2, -0.15) is 5.10 Å². The maximum atomic E-state index is 12.5. The molecule has 0 saturated carbocycles. The maximum absolute atomic E-state index is 12.5. The standard InChI is InChI=1S/C18H28N6O/c1-16-19-6-10-23(16)8-3-5-18(25)24-9-4-7-22(11-12-24)15-17-13-20-21(2)14-17/h6,10,13-14H,3-5,7-9,11-12,15H2,1-2H3. The molecule has 2 aromatic rings. The Hall–Kier alpha value is -2.15. The quantitative estimate of drug-likeness (QED) is 0.796. The molecule has 3 heterocycles. The van der Waals surface area contributed by atoms with Crippen molar-refractivity contribution in [3.05, 3.63) is 36.2 Å². The summed E-state index contributed by atoms with van der Waals surface area (Å²) in [5.74, 6) is 1.29. The largest absolute Gasteiger partial charge is 0.341 e. The van der Waals surface area contributed by atoms with Crippen LogP contribution in [-0.4, -0.2) is 61.2 Å². The monoisotopic (exact) mass is 344 g/mol. The van der Waals surface area contributed by atoms with E-state index in [-0.39, 0.29) is 5.91 Å². The fourth-order valence-corrected chi connectivity index (χ4v) is 3.39. The second kappa shape index (κ2) is 8.29. The van der Waals surface area contributed by atoms with Crippen LogP contribution >= 0.6 is 0 Å². The Labute approximate surface area is 149 Å². The van der Waals surface area contributed by atoms with E-state index in [1.807, 2.05) is 42.1 Å². The van der Waals surface area contributed by atoms with E-state index in [0.29, 0.717) is 6.42 Å². The Morgan fingerprint density at radius 2 is 2.12 bits per heavy atom. The van der Waals surface area contributed by atoms with Gasteiger partial charge in [0.1, 0.15) is 5.82 Å². The molecule has 7 heteroatoms. The molecule has 0 radical (unpaired) electrons. The highest BCUT2D eigenvalue weighted by atomic mass is 16.2. The van der Waals surface area contributed by atoms with Gasteiger partial charge >= 0.3 is 0 Å². The smallest absolute Gasteiger partial charge is 0.222 e. The fourth-order valence-electron chi connectivity index (χ4n) is 3.39. The highest BCUT2D eigenvalue weighted by Gasteiger charge is 2.19. The van der Waals surface area contributed by atoms with E-state index in [1.54, 1.807) is 0 Å². The molecule has 0 aromatic carbocycles. The van der Waals surface area contributed by atoms with Crippen LogP contribution in [0, 0.1) is 6.92 Å². The van der Waals surface area contributed by atoms with Gasteiger partial charge in [-0.15, -0.1) is 0 Å². The third-order valence-corrected chi connectivity index (χ3v) is 4.82. The highest BCUT2D eigenvalue weighted by Crippen LogP contribution is 2.10. The van der Waals surface area contributed by atoms with Gasteiger partial charge in [0.05, 0.1) is 6.20 Å². The third-order valence-electron chi connectivity index (χ3n) is 4.82. The molecule has 25 heavy (non-hydrogen) atoms. The molecule has 1 amide bonds.